The second-order valence-electron chi connectivity index (χ2n) is 2.88. The first kappa shape index (κ1) is 15.9. The van der Waals surface area contributed by atoms with Crippen molar-refractivity contribution in [3.63, 3.8) is 0 Å². The first-order chi connectivity index (χ1) is 8.20. The number of esters is 1. The maximum atomic E-state index is 10.5. The molecule has 0 atom stereocenters. The highest BCUT2D eigenvalue weighted by molar-refractivity contribution is 6.30. The van der Waals surface area contributed by atoms with Crippen molar-refractivity contribution in [2.75, 3.05) is 26.4 Å². The van der Waals surface area contributed by atoms with Crippen molar-refractivity contribution in [3.05, 3.63) is 35.4 Å². The van der Waals surface area contributed by atoms with Gasteiger partial charge >= 0.3 is 5.97 Å². The molecule has 0 saturated carbocycles. The Bertz CT molecular complexity index is 290. The minimum absolute atomic E-state index is 0.0700. The summed E-state index contributed by atoms with van der Waals surface area (Å²) in [4.78, 5) is 10.5. The molecule has 0 fully saturated rings. The number of aliphatic hydroxyl groups is 1. The molecule has 1 rings (SSSR count). The van der Waals surface area contributed by atoms with E-state index in [0.717, 1.165) is 5.02 Å². The van der Waals surface area contributed by atoms with Crippen molar-refractivity contribution in [3.8, 4) is 0 Å². The van der Waals surface area contributed by atoms with Crippen LogP contribution in [0.3, 0.4) is 0 Å². The quantitative estimate of drug-likeness (QED) is 0.649. The van der Waals surface area contributed by atoms with Gasteiger partial charge in [0.25, 0.3) is 0 Å². The Morgan fingerprint density at radius 3 is 2.41 bits per heavy atom. The summed E-state index contributed by atoms with van der Waals surface area (Å²) in [5, 5.41) is 9.03. The summed E-state index contributed by atoms with van der Waals surface area (Å²) in [6, 6.07) is 9.44. The van der Waals surface area contributed by atoms with Crippen molar-refractivity contribution in [2.24, 2.45) is 0 Å². The largest absolute Gasteiger partial charge is 0.464 e. The zero-order valence-corrected chi connectivity index (χ0v) is 10.5. The molecule has 1 aromatic carbocycles. The molecule has 0 amide bonds. The average Bonchev–Trinajstić information content (AvgIpc) is 2.31. The van der Waals surface area contributed by atoms with Gasteiger partial charge in [0.05, 0.1) is 19.8 Å². The lowest BCUT2D eigenvalue weighted by atomic mass is 10.4. The van der Waals surface area contributed by atoms with E-state index in [1.165, 1.54) is 0 Å². The molecular weight excluding hydrogens is 244 g/mol. The molecule has 0 heterocycles. The summed E-state index contributed by atoms with van der Waals surface area (Å²) in [6.07, 6.45) is 0. The van der Waals surface area contributed by atoms with E-state index in [0.29, 0.717) is 6.61 Å². The number of rotatable bonds is 5. The van der Waals surface area contributed by atoms with Gasteiger partial charge in [-0.25, -0.2) is 4.79 Å². The van der Waals surface area contributed by atoms with Crippen LogP contribution < -0.4 is 0 Å². The molecule has 0 saturated heterocycles. The van der Waals surface area contributed by atoms with Crippen molar-refractivity contribution in [2.45, 2.75) is 6.92 Å². The summed E-state index contributed by atoms with van der Waals surface area (Å²) in [5.74, 6) is -0.393. The Balaban J connectivity index is 0.000000318. The molecule has 0 aliphatic carbocycles. The van der Waals surface area contributed by atoms with Crippen LogP contribution in [-0.2, 0) is 14.3 Å². The monoisotopic (exact) mass is 260 g/mol. The topological polar surface area (TPSA) is 55.8 Å². The van der Waals surface area contributed by atoms with Gasteiger partial charge in [0, 0.05) is 5.02 Å². The Labute approximate surface area is 106 Å². The van der Waals surface area contributed by atoms with E-state index >= 15 is 0 Å². The maximum absolute atomic E-state index is 10.5. The molecule has 0 aromatic heterocycles. The normalized spacial score (nSPS) is 9.12. The van der Waals surface area contributed by atoms with E-state index in [2.05, 4.69) is 9.47 Å². The molecule has 1 aromatic rings. The van der Waals surface area contributed by atoms with Crippen LogP contribution in [0, 0.1) is 0 Å². The number of halogens is 1. The van der Waals surface area contributed by atoms with Gasteiger partial charge in [-0.15, -0.1) is 0 Å². The molecule has 17 heavy (non-hydrogen) atoms. The molecular formula is C12H17ClO4. The molecule has 5 heteroatoms. The molecule has 4 nitrogen and oxygen atoms in total. The minimum atomic E-state index is -0.393. The van der Waals surface area contributed by atoms with E-state index < -0.39 is 5.97 Å². The number of ether oxygens (including phenoxy) is 2. The summed E-state index contributed by atoms with van der Waals surface area (Å²) in [6.45, 7) is 2.12. The lowest BCUT2D eigenvalue weighted by molar-refractivity contribution is -0.148. The first-order valence-electron chi connectivity index (χ1n) is 5.25. The van der Waals surface area contributed by atoms with Crippen LogP contribution in [-0.4, -0.2) is 37.5 Å². The highest BCUT2D eigenvalue weighted by Crippen LogP contribution is 2.03. The predicted octanol–water partition coefficient (Wildman–Crippen LogP) is 1.90. The van der Waals surface area contributed by atoms with Gasteiger partial charge in [-0.3, -0.25) is 0 Å². The summed E-state index contributed by atoms with van der Waals surface area (Å²) >= 11 is 5.54. The van der Waals surface area contributed by atoms with Crippen molar-refractivity contribution in [1.82, 2.24) is 0 Å². The molecule has 0 radical (unpaired) electrons. The fraction of sp³-hybridized carbons (Fsp3) is 0.417. The van der Waals surface area contributed by atoms with Crippen LogP contribution in [0.5, 0.6) is 0 Å². The third-order valence-electron chi connectivity index (χ3n) is 1.49. The van der Waals surface area contributed by atoms with E-state index in [9.17, 15) is 4.79 Å². The third kappa shape index (κ3) is 11.2. The standard InChI is InChI=1S/C6H5Cl.C6H12O4/c7-6-4-2-1-3-5-6;1-2-10-6(8)5-9-4-3-7/h1-5H;7H,2-5H2,1H3. The Kier molecular flexibility index (Phi) is 10.7. The van der Waals surface area contributed by atoms with Crippen molar-refractivity contribution >= 4 is 17.6 Å². The summed E-state index contributed by atoms with van der Waals surface area (Å²) in [5.41, 5.74) is 0. The van der Waals surface area contributed by atoms with Crippen LogP contribution in [0.1, 0.15) is 6.92 Å². The van der Waals surface area contributed by atoms with Gasteiger partial charge in [0.1, 0.15) is 6.61 Å². The Morgan fingerprint density at radius 1 is 1.35 bits per heavy atom. The molecule has 96 valence electrons. The van der Waals surface area contributed by atoms with Crippen molar-refractivity contribution < 1.29 is 19.4 Å². The number of hydrogen-bond donors (Lipinski definition) is 1. The Hall–Kier alpha value is -1.10. The third-order valence-corrected chi connectivity index (χ3v) is 1.75. The van der Waals surface area contributed by atoms with Gasteiger partial charge < -0.3 is 14.6 Å². The Morgan fingerprint density at radius 2 is 2.00 bits per heavy atom. The fourth-order valence-electron chi connectivity index (χ4n) is 0.837. The summed E-state index contributed by atoms with van der Waals surface area (Å²) in [7, 11) is 0. The predicted molar refractivity (Wildman–Crippen MR) is 66.0 cm³/mol. The van der Waals surface area contributed by atoms with Gasteiger partial charge in [-0.1, -0.05) is 29.8 Å². The second-order valence-corrected chi connectivity index (χ2v) is 3.31. The zero-order chi connectivity index (χ0) is 12.9. The van der Waals surface area contributed by atoms with Gasteiger partial charge in [-0.05, 0) is 19.1 Å². The number of aliphatic hydroxyl groups excluding tert-OH is 1. The fourth-order valence-corrected chi connectivity index (χ4v) is 0.983. The van der Waals surface area contributed by atoms with Gasteiger partial charge in [0.15, 0.2) is 0 Å². The molecule has 0 spiro atoms. The molecule has 0 bridgehead atoms. The van der Waals surface area contributed by atoms with Gasteiger partial charge in [0.2, 0.25) is 0 Å². The molecule has 0 aliphatic rings. The minimum Gasteiger partial charge on any atom is -0.464 e. The van der Waals surface area contributed by atoms with Crippen LogP contribution in [0.4, 0.5) is 0 Å². The van der Waals surface area contributed by atoms with Crippen LogP contribution in [0.25, 0.3) is 0 Å². The molecule has 1 N–H and O–H groups in total. The van der Waals surface area contributed by atoms with Crippen LogP contribution >= 0.6 is 11.6 Å². The number of hydrogen-bond acceptors (Lipinski definition) is 4. The number of carbonyl (C=O) groups is 1. The molecule has 0 unspecified atom stereocenters. The van der Waals surface area contributed by atoms with Crippen molar-refractivity contribution in [1.29, 1.82) is 0 Å². The zero-order valence-electron chi connectivity index (χ0n) is 9.77. The molecule has 0 aliphatic heterocycles. The number of benzene rings is 1. The average molecular weight is 261 g/mol. The van der Waals surface area contributed by atoms with Crippen LogP contribution in [0.15, 0.2) is 30.3 Å². The lowest BCUT2D eigenvalue weighted by Gasteiger charge is -2.00. The van der Waals surface area contributed by atoms with E-state index in [-0.39, 0.29) is 19.8 Å². The SMILES string of the molecule is CCOC(=O)COCCO.Clc1ccccc1. The van der Waals surface area contributed by atoms with E-state index in [1.54, 1.807) is 6.92 Å². The smallest absolute Gasteiger partial charge is 0.332 e. The number of carbonyl (C=O) groups excluding carboxylic acids is 1. The van der Waals surface area contributed by atoms with E-state index in [1.807, 2.05) is 30.3 Å². The second kappa shape index (κ2) is 11.4. The lowest BCUT2D eigenvalue weighted by Crippen LogP contribution is -2.13. The van der Waals surface area contributed by atoms with Crippen LogP contribution in [0.2, 0.25) is 5.02 Å². The highest BCUT2D eigenvalue weighted by atomic mass is 35.5. The highest BCUT2D eigenvalue weighted by Gasteiger charge is 1.98. The first-order valence-corrected chi connectivity index (χ1v) is 5.63. The summed E-state index contributed by atoms with van der Waals surface area (Å²) < 4.78 is 9.22. The van der Waals surface area contributed by atoms with E-state index in [4.69, 9.17) is 16.7 Å². The maximum Gasteiger partial charge on any atom is 0.332 e. The van der Waals surface area contributed by atoms with Gasteiger partial charge in [-0.2, -0.15) is 0 Å².